The van der Waals surface area contributed by atoms with Crippen molar-refractivity contribution in [3.05, 3.63) is 16.8 Å². The second-order valence-electron chi connectivity index (χ2n) is 3.74. The van der Waals surface area contributed by atoms with Crippen LogP contribution in [-0.4, -0.2) is 33.6 Å². The van der Waals surface area contributed by atoms with Crippen molar-refractivity contribution in [1.29, 1.82) is 0 Å². The van der Waals surface area contributed by atoms with Gasteiger partial charge in [-0.25, -0.2) is 9.48 Å². The normalized spacial score (nSPS) is 21.6. The van der Waals surface area contributed by atoms with Crippen molar-refractivity contribution in [2.45, 2.75) is 25.2 Å². The third-order valence-corrected chi connectivity index (χ3v) is 2.51. The summed E-state index contributed by atoms with van der Waals surface area (Å²) in [6, 6.07) is -0.0884. The quantitative estimate of drug-likeness (QED) is 0.794. The van der Waals surface area contributed by atoms with Gasteiger partial charge in [0.05, 0.1) is 6.04 Å². The zero-order valence-corrected chi connectivity index (χ0v) is 8.37. The lowest BCUT2D eigenvalue weighted by Gasteiger charge is -2.07. The molecule has 0 bridgehead atoms. The molecule has 2 rings (SSSR count). The summed E-state index contributed by atoms with van der Waals surface area (Å²) in [6.07, 6.45) is -2.51. The molecule has 16 heavy (non-hydrogen) atoms. The maximum Gasteiger partial charge on any atom is 0.408 e. The summed E-state index contributed by atoms with van der Waals surface area (Å²) in [7, 11) is 0. The van der Waals surface area contributed by atoms with Crippen molar-refractivity contribution in [2.75, 3.05) is 13.1 Å². The Kier molecular flexibility index (Phi) is 2.75. The number of halogens is 3. The third-order valence-electron chi connectivity index (χ3n) is 2.51. The highest BCUT2D eigenvalue weighted by Crippen LogP contribution is 2.16. The number of hydrogen-bond donors (Lipinski definition) is 1. The predicted molar refractivity (Wildman–Crippen MR) is 49.1 cm³/mol. The van der Waals surface area contributed by atoms with Crippen LogP contribution in [0.2, 0.25) is 0 Å². The highest BCUT2D eigenvalue weighted by Gasteiger charge is 2.30. The van der Waals surface area contributed by atoms with Crippen molar-refractivity contribution in [3.63, 3.8) is 0 Å². The lowest BCUT2D eigenvalue weighted by Crippen LogP contribution is -2.32. The van der Waals surface area contributed by atoms with Crippen LogP contribution >= 0.6 is 0 Å². The smallest absolute Gasteiger partial charge is 0.315 e. The van der Waals surface area contributed by atoms with Gasteiger partial charge in [-0.1, -0.05) is 0 Å². The Balaban J connectivity index is 2.20. The van der Waals surface area contributed by atoms with Gasteiger partial charge in [-0.3, -0.25) is 4.57 Å². The molecule has 0 amide bonds. The molecule has 1 atom stereocenters. The van der Waals surface area contributed by atoms with E-state index in [4.69, 9.17) is 0 Å². The Morgan fingerprint density at radius 1 is 1.56 bits per heavy atom. The zero-order chi connectivity index (χ0) is 11.8. The number of aromatic nitrogens is 3. The van der Waals surface area contributed by atoms with E-state index in [1.165, 1.54) is 10.9 Å². The molecule has 1 unspecified atom stereocenters. The SMILES string of the molecule is O=c1n(C2CCNC2)cnn1CC(F)(F)F. The van der Waals surface area contributed by atoms with E-state index in [-0.39, 0.29) is 6.04 Å². The summed E-state index contributed by atoms with van der Waals surface area (Å²) in [6.45, 7) is 0.0259. The van der Waals surface area contributed by atoms with Crippen LogP contribution in [0.15, 0.2) is 11.1 Å². The molecule has 1 N–H and O–H groups in total. The third kappa shape index (κ3) is 2.26. The maximum atomic E-state index is 12.1. The van der Waals surface area contributed by atoms with Gasteiger partial charge in [-0.05, 0) is 13.0 Å². The number of nitrogens with one attached hydrogen (secondary N) is 1. The van der Waals surface area contributed by atoms with Crippen molar-refractivity contribution in [1.82, 2.24) is 19.7 Å². The van der Waals surface area contributed by atoms with E-state index in [1.807, 2.05) is 0 Å². The first kappa shape index (κ1) is 11.2. The molecular formula is C8H11F3N4O. The summed E-state index contributed by atoms with van der Waals surface area (Å²) >= 11 is 0. The molecule has 1 saturated heterocycles. The molecule has 5 nitrogen and oxygen atoms in total. The van der Waals surface area contributed by atoms with E-state index in [2.05, 4.69) is 10.4 Å². The number of rotatable bonds is 2. The molecule has 1 aliphatic rings. The van der Waals surface area contributed by atoms with Gasteiger partial charge in [-0.2, -0.15) is 18.3 Å². The molecule has 0 saturated carbocycles. The minimum atomic E-state index is -4.42. The molecule has 8 heteroatoms. The van der Waals surface area contributed by atoms with Crippen molar-refractivity contribution < 1.29 is 13.2 Å². The van der Waals surface area contributed by atoms with E-state index in [0.29, 0.717) is 11.2 Å². The molecule has 2 heterocycles. The fourth-order valence-corrected chi connectivity index (χ4v) is 1.76. The molecule has 0 radical (unpaired) electrons. The fourth-order valence-electron chi connectivity index (χ4n) is 1.76. The van der Waals surface area contributed by atoms with Gasteiger partial charge in [0, 0.05) is 6.54 Å². The first-order chi connectivity index (χ1) is 7.47. The van der Waals surface area contributed by atoms with Crippen LogP contribution in [0.4, 0.5) is 13.2 Å². The second kappa shape index (κ2) is 3.93. The topological polar surface area (TPSA) is 51.9 Å². The minimum absolute atomic E-state index is 0.0884. The summed E-state index contributed by atoms with van der Waals surface area (Å²) in [5.74, 6) is 0. The predicted octanol–water partition coefficient (Wildman–Crippen LogP) is 0.141. The van der Waals surface area contributed by atoms with Crippen LogP contribution < -0.4 is 11.0 Å². The van der Waals surface area contributed by atoms with Crippen LogP contribution in [0.25, 0.3) is 0 Å². The van der Waals surface area contributed by atoms with Gasteiger partial charge < -0.3 is 5.32 Å². The summed E-state index contributed by atoms with van der Waals surface area (Å²) in [5.41, 5.74) is -0.703. The van der Waals surface area contributed by atoms with Gasteiger partial charge in [-0.15, -0.1) is 0 Å². The Morgan fingerprint density at radius 2 is 2.31 bits per heavy atom. The van der Waals surface area contributed by atoms with Gasteiger partial charge in [0.2, 0.25) is 0 Å². The first-order valence-electron chi connectivity index (χ1n) is 4.89. The van der Waals surface area contributed by atoms with Crippen molar-refractivity contribution in [3.8, 4) is 0 Å². The average Bonchev–Trinajstić information content (AvgIpc) is 2.75. The van der Waals surface area contributed by atoms with Crippen LogP contribution in [0.5, 0.6) is 0 Å². The standard InChI is InChI=1S/C8H11F3N4O/c9-8(10,11)4-15-7(16)14(5-13-15)6-1-2-12-3-6/h5-6,12H,1-4H2. The van der Waals surface area contributed by atoms with Gasteiger partial charge in [0.1, 0.15) is 12.9 Å². The van der Waals surface area contributed by atoms with Gasteiger partial charge in [0.15, 0.2) is 0 Å². The average molecular weight is 236 g/mol. The number of hydrogen-bond acceptors (Lipinski definition) is 3. The maximum absolute atomic E-state index is 12.1. The Labute approximate surface area is 88.9 Å². The molecule has 0 aliphatic carbocycles. The largest absolute Gasteiger partial charge is 0.408 e. The van der Waals surface area contributed by atoms with E-state index >= 15 is 0 Å². The molecule has 0 aromatic carbocycles. The fraction of sp³-hybridized carbons (Fsp3) is 0.750. The van der Waals surface area contributed by atoms with Gasteiger partial charge >= 0.3 is 11.9 Å². The molecule has 1 aromatic heterocycles. The highest BCUT2D eigenvalue weighted by molar-refractivity contribution is 4.82. The van der Waals surface area contributed by atoms with Crippen LogP contribution in [0.3, 0.4) is 0 Å². The van der Waals surface area contributed by atoms with Crippen molar-refractivity contribution in [2.24, 2.45) is 0 Å². The zero-order valence-electron chi connectivity index (χ0n) is 8.37. The van der Waals surface area contributed by atoms with E-state index < -0.39 is 18.4 Å². The Bertz CT molecular complexity index is 416. The molecule has 1 aliphatic heterocycles. The Morgan fingerprint density at radius 3 is 2.88 bits per heavy atom. The van der Waals surface area contributed by atoms with Crippen molar-refractivity contribution >= 4 is 0 Å². The Hall–Kier alpha value is -1.31. The second-order valence-corrected chi connectivity index (χ2v) is 3.74. The van der Waals surface area contributed by atoms with Crippen LogP contribution in [0, 0.1) is 0 Å². The van der Waals surface area contributed by atoms with E-state index in [1.54, 1.807) is 0 Å². The molecule has 1 aromatic rings. The van der Waals surface area contributed by atoms with Crippen LogP contribution in [0.1, 0.15) is 12.5 Å². The molecule has 90 valence electrons. The minimum Gasteiger partial charge on any atom is -0.315 e. The first-order valence-corrected chi connectivity index (χ1v) is 4.89. The number of alkyl halides is 3. The molecular weight excluding hydrogens is 225 g/mol. The number of nitrogens with zero attached hydrogens (tertiary/aromatic N) is 3. The highest BCUT2D eigenvalue weighted by atomic mass is 19.4. The monoisotopic (exact) mass is 236 g/mol. The summed E-state index contributed by atoms with van der Waals surface area (Å²) in [4.78, 5) is 11.6. The summed E-state index contributed by atoms with van der Waals surface area (Å²) in [5, 5.41) is 6.50. The van der Waals surface area contributed by atoms with E-state index in [0.717, 1.165) is 13.0 Å². The molecule has 1 fully saturated rings. The lowest BCUT2D eigenvalue weighted by atomic mass is 10.3. The lowest BCUT2D eigenvalue weighted by molar-refractivity contribution is -0.143. The van der Waals surface area contributed by atoms with Crippen LogP contribution in [-0.2, 0) is 6.54 Å². The summed E-state index contributed by atoms with van der Waals surface area (Å²) < 4.78 is 38.0. The van der Waals surface area contributed by atoms with E-state index in [9.17, 15) is 18.0 Å². The molecule has 0 spiro atoms. The van der Waals surface area contributed by atoms with Gasteiger partial charge in [0.25, 0.3) is 0 Å².